The SMILES string of the molecule is N#Cc1ccc(CN[C@@H]2CCCC[C@H]2Oc2ccc3c(c2)CN(C2CCC(=O)NC2=O)C3=O)cc1. The molecule has 2 aliphatic heterocycles. The second-order valence-corrected chi connectivity index (χ2v) is 9.46. The van der Waals surface area contributed by atoms with Gasteiger partial charge in [0.05, 0.1) is 11.6 Å². The van der Waals surface area contributed by atoms with Gasteiger partial charge in [-0.05, 0) is 67.1 Å². The Hall–Kier alpha value is -3.70. The summed E-state index contributed by atoms with van der Waals surface area (Å²) in [5.74, 6) is -0.155. The predicted molar refractivity (Wildman–Crippen MR) is 127 cm³/mol. The second-order valence-electron chi connectivity index (χ2n) is 9.46. The predicted octanol–water partition coefficient (Wildman–Crippen LogP) is 2.80. The van der Waals surface area contributed by atoms with Gasteiger partial charge >= 0.3 is 0 Å². The zero-order valence-corrected chi connectivity index (χ0v) is 19.5. The molecule has 180 valence electrons. The van der Waals surface area contributed by atoms with E-state index in [1.165, 1.54) is 0 Å². The van der Waals surface area contributed by atoms with Gasteiger partial charge < -0.3 is 15.0 Å². The number of fused-ring (bicyclic) bond motifs is 1. The van der Waals surface area contributed by atoms with Crippen molar-refractivity contribution in [2.24, 2.45) is 0 Å². The number of hydrogen-bond acceptors (Lipinski definition) is 6. The van der Waals surface area contributed by atoms with Crippen molar-refractivity contribution in [3.8, 4) is 11.8 Å². The number of piperidine rings is 1. The lowest BCUT2D eigenvalue weighted by Gasteiger charge is -2.33. The van der Waals surface area contributed by atoms with Crippen molar-refractivity contribution in [3.63, 3.8) is 0 Å². The Morgan fingerprint density at radius 3 is 2.63 bits per heavy atom. The molecule has 0 bridgehead atoms. The molecule has 35 heavy (non-hydrogen) atoms. The van der Waals surface area contributed by atoms with Crippen molar-refractivity contribution >= 4 is 17.7 Å². The zero-order chi connectivity index (χ0) is 24.4. The molecule has 1 unspecified atom stereocenters. The topological polar surface area (TPSA) is 112 Å². The largest absolute Gasteiger partial charge is 0.489 e. The van der Waals surface area contributed by atoms with E-state index in [0.29, 0.717) is 30.6 Å². The van der Waals surface area contributed by atoms with Crippen molar-refractivity contribution < 1.29 is 19.1 Å². The van der Waals surface area contributed by atoms with Crippen molar-refractivity contribution in [1.29, 1.82) is 5.26 Å². The number of benzene rings is 2. The number of carbonyl (C=O) groups excluding carboxylic acids is 3. The van der Waals surface area contributed by atoms with Crippen LogP contribution in [0.5, 0.6) is 5.75 Å². The molecule has 5 rings (SSSR count). The van der Waals surface area contributed by atoms with Crippen LogP contribution < -0.4 is 15.4 Å². The number of amides is 3. The molecule has 3 aliphatic rings. The minimum Gasteiger partial charge on any atom is -0.489 e. The van der Waals surface area contributed by atoms with Crippen molar-refractivity contribution in [1.82, 2.24) is 15.5 Å². The zero-order valence-electron chi connectivity index (χ0n) is 19.5. The van der Waals surface area contributed by atoms with E-state index < -0.39 is 11.9 Å². The number of nitrogens with zero attached hydrogens (tertiary/aromatic N) is 2. The van der Waals surface area contributed by atoms with Gasteiger partial charge in [-0.2, -0.15) is 5.26 Å². The van der Waals surface area contributed by atoms with Crippen LogP contribution in [0, 0.1) is 11.3 Å². The average Bonchev–Trinajstić information content (AvgIpc) is 3.19. The van der Waals surface area contributed by atoms with Crippen LogP contribution >= 0.6 is 0 Å². The Bertz CT molecular complexity index is 1190. The molecule has 1 aliphatic carbocycles. The summed E-state index contributed by atoms with van der Waals surface area (Å²) in [6, 6.07) is 14.8. The highest BCUT2D eigenvalue weighted by Gasteiger charge is 2.39. The van der Waals surface area contributed by atoms with Gasteiger partial charge in [-0.25, -0.2) is 0 Å². The first-order chi connectivity index (χ1) is 17.0. The van der Waals surface area contributed by atoms with E-state index in [4.69, 9.17) is 10.00 Å². The normalized spacial score (nSPS) is 24.0. The highest BCUT2D eigenvalue weighted by atomic mass is 16.5. The van der Waals surface area contributed by atoms with Crippen LogP contribution in [0.2, 0.25) is 0 Å². The molecule has 1 saturated heterocycles. The van der Waals surface area contributed by atoms with Crippen LogP contribution in [-0.4, -0.2) is 40.8 Å². The van der Waals surface area contributed by atoms with Gasteiger partial charge in [0.15, 0.2) is 0 Å². The van der Waals surface area contributed by atoms with E-state index in [9.17, 15) is 14.4 Å². The fraction of sp³-hybridized carbons (Fsp3) is 0.407. The van der Waals surface area contributed by atoms with E-state index in [2.05, 4.69) is 16.7 Å². The van der Waals surface area contributed by atoms with Crippen LogP contribution in [0.4, 0.5) is 0 Å². The molecule has 1 saturated carbocycles. The first kappa shape index (κ1) is 23.1. The molecule has 8 nitrogen and oxygen atoms in total. The van der Waals surface area contributed by atoms with Crippen LogP contribution in [0.1, 0.15) is 65.6 Å². The van der Waals surface area contributed by atoms with Gasteiger partial charge in [-0.3, -0.25) is 19.7 Å². The summed E-state index contributed by atoms with van der Waals surface area (Å²) in [6.45, 7) is 1.04. The number of imide groups is 1. The van der Waals surface area contributed by atoms with Crippen LogP contribution in [0.15, 0.2) is 42.5 Å². The summed E-state index contributed by atoms with van der Waals surface area (Å²) in [7, 11) is 0. The second kappa shape index (κ2) is 9.88. The van der Waals surface area contributed by atoms with Gasteiger partial charge in [0.2, 0.25) is 11.8 Å². The van der Waals surface area contributed by atoms with Crippen LogP contribution in [-0.2, 0) is 22.7 Å². The van der Waals surface area contributed by atoms with E-state index in [-0.39, 0.29) is 30.4 Å². The maximum absolute atomic E-state index is 12.9. The maximum atomic E-state index is 12.9. The molecule has 8 heteroatoms. The Morgan fingerprint density at radius 1 is 1.06 bits per heavy atom. The lowest BCUT2D eigenvalue weighted by atomic mass is 9.92. The molecule has 2 aromatic rings. The minimum absolute atomic E-state index is 0.0172. The fourth-order valence-electron chi connectivity index (χ4n) is 5.22. The van der Waals surface area contributed by atoms with Gasteiger partial charge in [0.1, 0.15) is 17.9 Å². The van der Waals surface area contributed by atoms with Gasteiger partial charge in [-0.15, -0.1) is 0 Å². The summed E-state index contributed by atoms with van der Waals surface area (Å²) < 4.78 is 6.41. The fourth-order valence-corrected chi connectivity index (χ4v) is 5.22. The molecular formula is C27H28N4O4. The first-order valence-corrected chi connectivity index (χ1v) is 12.2. The molecule has 2 fully saturated rings. The molecular weight excluding hydrogens is 444 g/mol. The quantitative estimate of drug-likeness (QED) is 0.626. The molecule has 0 radical (unpaired) electrons. The third-order valence-corrected chi connectivity index (χ3v) is 7.14. The third-order valence-electron chi connectivity index (χ3n) is 7.14. The van der Waals surface area contributed by atoms with E-state index >= 15 is 0 Å². The summed E-state index contributed by atoms with van der Waals surface area (Å²) >= 11 is 0. The van der Waals surface area contributed by atoms with Crippen molar-refractivity contribution in [2.45, 2.75) is 69.8 Å². The van der Waals surface area contributed by atoms with Crippen LogP contribution in [0.3, 0.4) is 0 Å². The van der Waals surface area contributed by atoms with Gasteiger partial charge in [0, 0.05) is 31.1 Å². The highest BCUT2D eigenvalue weighted by molar-refractivity contribution is 6.05. The Balaban J connectivity index is 1.24. The number of ether oxygens (including phenoxy) is 1. The lowest BCUT2D eigenvalue weighted by molar-refractivity contribution is -0.136. The third kappa shape index (κ3) is 4.91. The lowest BCUT2D eigenvalue weighted by Crippen LogP contribution is -2.52. The number of rotatable bonds is 6. The molecule has 3 atom stereocenters. The van der Waals surface area contributed by atoms with Crippen molar-refractivity contribution in [2.75, 3.05) is 0 Å². The minimum atomic E-state index is -0.619. The summed E-state index contributed by atoms with van der Waals surface area (Å²) in [6.07, 6.45) is 4.82. The summed E-state index contributed by atoms with van der Waals surface area (Å²) in [4.78, 5) is 38.2. The van der Waals surface area contributed by atoms with Gasteiger partial charge in [-0.1, -0.05) is 18.6 Å². The monoisotopic (exact) mass is 472 g/mol. The standard InChI is InChI=1S/C27H28N4O4/c28-14-17-5-7-18(8-6-17)15-29-22-3-1-2-4-24(22)35-20-9-10-21-19(13-20)16-31(27(21)34)23-11-12-25(32)30-26(23)33/h5-10,13,22-24,29H,1-4,11-12,15-16H2,(H,30,32,33)/t22-,23?,24-/m1/s1. The molecule has 2 N–H and O–H groups in total. The number of carbonyl (C=O) groups is 3. The smallest absolute Gasteiger partial charge is 0.255 e. The number of nitrogens with one attached hydrogen (secondary N) is 2. The van der Waals surface area contributed by atoms with E-state index in [1.54, 1.807) is 11.0 Å². The molecule has 2 heterocycles. The molecule has 2 aromatic carbocycles. The Kier molecular flexibility index (Phi) is 6.51. The number of nitriles is 1. The van der Waals surface area contributed by atoms with Crippen molar-refractivity contribution in [3.05, 3.63) is 64.7 Å². The summed E-state index contributed by atoms with van der Waals surface area (Å²) in [5, 5.41) is 14.9. The first-order valence-electron chi connectivity index (χ1n) is 12.2. The number of hydrogen-bond donors (Lipinski definition) is 2. The van der Waals surface area contributed by atoms with Gasteiger partial charge in [0.25, 0.3) is 5.91 Å². The Labute approximate surface area is 204 Å². The molecule has 0 spiro atoms. The maximum Gasteiger partial charge on any atom is 0.255 e. The summed E-state index contributed by atoms with van der Waals surface area (Å²) in [5.41, 5.74) is 3.20. The van der Waals surface area contributed by atoms with E-state index in [1.807, 2.05) is 36.4 Å². The highest BCUT2D eigenvalue weighted by Crippen LogP contribution is 2.32. The van der Waals surface area contributed by atoms with E-state index in [0.717, 1.165) is 42.6 Å². The average molecular weight is 473 g/mol. The molecule has 0 aromatic heterocycles. The van der Waals surface area contributed by atoms with Crippen LogP contribution in [0.25, 0.3) is 0 Å². The Morgan fingerprint density at radius 2 is 1.86 bits per heavy atom. The molecule has 3 amide bonds.